The summed E-state index contributed by atoms with van der Waals surface area (Å²) in [6.45, 7) is 3.83. The Bertz CT molecular complexity index is 690. The highest BCUT2D eigenvalue weighted by molar-refractivity contribution is 5.94. The number of aromatic hydroxyl groups is 1. The summed E-state index contributed by atoms with van der Waals surface area (Å²) in [6, 6.07) is 16.7. The molecule has 2 aromatic carbocycles. The average molecular weight is 340 g/mol. The van der Waals surface area contributed by atoms with Gasteiger partial charge in [0.25, 0.3) is 5.91 Å². The Morgan fingerprint density at radius 2 is 2.04 bits per heavy atom. The van der Waals surface area contributed by atoms with Gasteiger partial charge in [0.2, 0.25) is 0 Å². The number of phenolic OH excluding ortho intramolecular Hbond substituents is 1. The maximum Gasteiger partial charge on any atom is 0.251 e. The Kier molecular flexibility index (Phi) is 6.04. The standard InChI is InChI=1S/C20H24N2O3/c23-18-9-4-8-17(12-18)20(24)21-13-19-15-22(10-5-11-25-19)14-16-6-2-1-3-7-16/h1-4,6-9,12,19,23H,5,10-11,13-15H2,(H,21,24)/t19-/m1/s1. The topological polar surface area (TPSA) is 61.8 Å². The van der Waals surface area contributed by atoms with E-state index in [0.29, 0.717) is 18.7 Å². The van der Waals surface area contributed by atoms with E-state index in [1.165, 1.54) is 11.6 Å². The van der Waals surface area contributed by atoms with E-state index in [2.05, 4.69) is 34.5 Å². The number of hydrogen-bond donors (Lipinski definition) is 2. The molecule has 5 nitrogen and oxygen atoms in total. The molecule has 0 saturated carbocycles. The largest absolute Gasteiger partial charge is 0.508 e. The molecule has 0 spiro atoms. The van der Waals surface area contributed by atoms with Crippen LogP contribution in [0.5, 0.6) is 5.75 Å². The van der Waals surface area contributed by atoms with E-state index in [1.54, 1.807) is 18.2 Å². The predicted molar refractivity (Wildman–Crippen MR) is 96.5 cm³/mol. The highest BCUT2D eigenvalue weighted by Gasteiger charge is 2.19. The number of carbonyl (C=O) groups is 1. The van der Waals surface area contributed by atoms with Crippen LogP contribution in [0, 0.1) is 0 Å². The van der Waals surface area contributed by atoms with E-state index in [1.807, 2.05) is 6.07 Å². The zero-order valence-electron chi connectivity index (χ0n) is 14.2. The lowest BCUT2D eigenvalue weighted by Gasteiger charge is -2.24. The number of carbonyl (C=O) groups excluding carboxylic acids is 1. The van der Waals surface area contributed by atoms with E-state index >= 15 is 0 Å². The van der Waals surface area contributed by atoms with Crippen molar-refractivity contribution in [2.24, 2.45) is 0 Å². The van der Waals surface area contributed by atoms with E-state index < -0.39 is 0 Å². The molecule has 3 rings (SSSR count). The molecule has 1 amide bonds. The Hall–Kier alpha value is -2.37. The first-order valence-corrected chi connectivity index (χ1v) is 8.66. The molecule has 25 heavy (non-hydrogen) atoms. The van der Waals surface area contributed by atoms with E-state index in [4.69, 9.17) is 4.74 Å². The minimum absolute atomic E-state index is 0.0347. The van der Waals surface area contributed by atoms with Crippen molar-refractivity contribution in [2.75, 3.05) is 26.2 Å². The van der Waals surface area contributed by atoms with Crippen LogP contribution in [0.25, 0.3) is 0 Å². The minimum Gasteiger partial charge on any atom is -0.508 e. The molecule has 1 fully saturated rings. The summed E-state index contributed by atoms with van der Waals surface area (Å²) in [4.78, 5) is 14.6. The summed E-state index contributed by atoms with van der Waals surface area (Å²) in [5.41, 5.74) is 1.74. The monoisotopic (exact) mass is 340 g/mol. The van der Waals surface area contributed by atoms with Gasteiger partial charge in [-0.05, 0) is 30.2 Å². The number of rotatable bonds is 5. The second-order valence-electron chi connectivity index (χ2n) is 6.33. The third-order valence-electron chi connectivity index (χ3n) is 4.28. The van der Waals surface area contributed by atoms with Gasteiger partial charge in [-0.25, -0.2) is 0 Å². The second-order valence-corrected chi connectivity index (χ2v) is 6.33. The first-order chi connectivity index (χ1) is 12.2. The van der Waals surface area contributed by atoms with Gasteiger partial charge in [-0.2, -0.15) is 0 Å². The zero-order chi connectivity index (χ0) is 17.5. The van der Waals surface area contributed by atoms with Crippen LogP contribution >= 0.6 is 0 Å². The van der Waals surface area contributed by atoms with Gasteiger partial charge in [-0.15, -0.1) is 0 Å². The fourth-order valence-corrected chi connectivity index (χ4v) is 3.03. The van der Waals surface area contributed by atoms with Crippen molar-refractivity contribution in [2.45, 2.75) is 19.1 Å². The van der Waals surface area contributed by atoms with Crippen molar-refractivity contribution in [1.29, 1.82) is 0 Å². The molecule has 0 bridgehead atoms. The number of phenols is 1. The molecule has 0 aliphatic carbocycles. The molecule has 2 N–H and O–H groups in total. The zero-order valence-corrected chi connectivity index (χ0v) is 14.2. The first kappa shape index (κ1) is 17.5. The molecule has 1 atom stereocenters. The molecule has 0 unspecified atom stereocenters. The van der Waals surface area contributed by atoms with Crippen LogP contribution in [0.15, 0.2) is 54.6 Å². The van der Waals surface area contributed by atoms with E-state index in [9.17, 15) is 9.90 Å². The quantitative estimate of drug-likeness (QED) is 0.877. The van der Waals surface area contributed by atoms with Crippen molar-refractivity contribution in [3.05, 3.63) is 65.7 Å². The molecule has 2 aromatic rings. The Morgan fingerprint density at radius 1 is 1.20 bits per heavy atom. The highest BCUT2D eigenvalue weighted by atomic mass is 16.5. The van der Waals surface area contributed by atoms with Crippen molar-refractivity contribution in [3.8, 4) is 5.75 Å². The van der Waals surface area contributed by atoms with E-state index in [-0.39, 0.29) is 17.8 Å². The number of nitrogens with one attached hydrogen (secondary N) is 1. The fourth-order valence-electron chi connectivity index (χ4n) is 3.03. The highest BCUT2D eigenvalue weighted by Crippen LogP contribution is 2.12. The van der Waals surface area contributed by atoms with E-state index in [0.717, 1.165) is 26.1 Å². The maximum absolute atomic E-state index is 12.2. The molecule has 1 aliphatic heterocycles. The Labute approximate surface area is 148 Å². The van der Waals surface area contributed by atoms with Crippen molar-refractivity contribution in [1.82, 2.24) is 10.2 Å². The molecular weight excluding hydrogens is 316 g/mol. The summed E-state index contributed by atoms with van der Waals surface area (Å²) in [5.74, 6) is -0.106. The number of benzene rings is 2. The average Bonchev–Trinajstić information content (AvgIpc) is 2.85. The van der Waals surface area contributed by atoms with Gasteiger partial charge in [0, 0.05) is 38.3 Å². The summed E-state index contributed by atoms with van der Waals surface area (Å²) in [7, 11) is 0. The second kappa shape index (κ2) is 8.65. The minimum atomic E-state index is -0.196. The molecule has 0 aromatic heterocycles. The van der Waals surface area contributed by atoms with Gasteiger partial charge in [0.1, 0.15) is 5.75 Å². The molecule has 0 radical (unpaired) electrons. The molecule has 1 saturated heterocycles. The van der Waals surface area contributed by atoms with Gasteiger partial charge < -0.3 is 15.2 Å². The van der Waals surface area contributed by atoms with Gasteiger partial charge in [-0.1, -0.05) is 36.4 Å². The van der Waals surface area contributed by atoms with Crippen molar-refractivity contribution in [3.63, 3.8) is 0 Å². The van der Waals surface area contributed by atoms with Gasteiger partial charge >= 0.3 is 0 Å². The molecule has 132 valence electrons. The molecule has 1 heterocycles. The normalized spacial score (nSPS) is 18.5. The van der Waals surface area contributed by atoms with Crippen molar-refractivity contribution >= 4 is 5.91 Å². The number of amides is 1. The van der Waals surface area contributed by atoms with Crippen LogP contribution in [0.1, 0.15) is 22.3 Å². The number of hydrogen-bond acceptors (Lipinski definition) is 4. The Morgan fingerprint density at radius 3 is 2.84 bits per heavy atom. The lowest BCUT2D eigenvalue weighted by atomic mass is 10.2. The smallest absolute Gasteiger partial charge is 0.251 e. The summed E-state index contributed by atoms with van der Waals surface area (Å²) in [5, 5.41) is 12.4. The van der Waals surface area contributed by atoms with Crippen LogP contribution in [0.4, 0.5) is 0 Å². The number of nitrogens with zero attached hydrogens (tertiary/aromatic N) is 1. The lowest BCUT2D eigenvalue weighted by Crippen LogP contribution is -2.40. The van der Waals surface area contributed by atoms with Crippen molar-refractivity contribution < 1.29 is 14.6 Å². The number of ether oxygens (including phenoxy) is 1. The van der Waals surface area contributed by atoms with Crippen LogP contribution in [-0.4, -0.2) is 48.3 Å². The van der Waals surface area contributed by atoms with Crippen LogP contribution in [0.2, 0.25) is 0 Å². The van der Waals surface area contributed by atoms with Crippen LogP contribution in [-0.2, 0) is 11.3 Å². The lowest BCUT2D eigenvalue weighted by molar-refractivity contribution is 0.0510. The molecular formula is C20H24N2O3. The third kappa shape index (κ3) is 5.31. The SMILES string of the molecule is O=C(NC[C@@H]1CN(Cc2ccccc2)CCCO1)c1cccc(O)c1. The summed E-state index contributed by atoms with van der Waals surface area (Å²) < 4.78 is 5.88. The summed E-state index contributed by atoms with van der Waals surface area (Å²) >= 11 is 0. The molecule has 1 aliphatic rings. The summed E-state index contributed by atoms with van der Waals surface area (Å²) in [6.07, 6.45) is 0.955. The predicted octanol–water partition coefficient (Wildman–Crippen LogP) is 2.41. The Balaban J connectivity index is 1.53. The van der Waals surface area contributed by atoms with Gasteiger partial charge in [0.05, 0.1) is 6.10 Å². The third-order valence-corrected chi connectivity index (χ3v) is 4.28. The maximum atomic E-state index is 12.2. The van der Waals surface area contributed by atoms with Gasteiger partial charge in [-0.3, -0.25) is 9.69 Å². The first-order valence-electron chi connectivity index (χ1n) is 8.66. The fraction of sp³-hybridized carbons (Fsp3) is 0.350. The molecule has 5 heteroatoms. The van der Waals surface area contributed by atoms with Gasteiger partial charge in [0.15, 0.2) is 0 Å². The van der Waals surface area contributed by atoms with Crippen LogP contribution in [0.3, 0.4) is 0 Å². The van der Waals surface area contributed by atoms with Crippen LogP contribution < -0.4 is 5.32 Å².